The first-order valence-corrected chi connectivity index (χ1v) is 9.41. The largest absolute Gasteiger partial charge is 0.426 e. The number of ether oxygens (including phenoxy) is 1. The van der Waals surface area contributed by atoms with Gasteiger partial charge < -0.3 is 14.8 Å². The van der Waals surface area contributed by atoms with Gasteiger partial charge in [-0.05, 0) is 57.4 Å². The summed E-state index contributed by atoms with van der Waals surface area (Å²) >= 11 is 6.36. The van der Waals surface area contributed by atoms with E-state index in [0.29, 0.717) is 27.9 Å². The number of halogens is 1. The lowest BCUT2D eigenvalue weighted by Crippen LogP contribution is -2.10. The van der Waals surface area contributed by atoms with E-state index in [1.165, 1.54) is 0 Å². The quantitative estimate of drug-likeness (QED) is 0.437. The van der Waals surface area contributed by atoms with Crippen LogP contribution in [-0.2, 0) is 0 Å². The molecule has 2 aromatic rings. The maximum absolute atomic E-state index is 9.91. The number of allylic oxidation sites excluding steroid dienone is 4. The molecule has 1 saturated carbocycles. The second-order valence-electron chi connectivity index (χ2n) is 6.65. The van der Waals surface area contributed by atoms with Crippen molar-refractivity contribution in [2.75, 3.05) is 0 Å². The minimum atomic E-state index is -0.336. The number of rotatable bonds is 4. The number of aromatic amines is 1. The van der Waals surface area contributed by atoms with Gasteiger partial charge in [0.2, 0.25) is 0 Å². The van der Waals surface area contributed by atoms with Crippen LogP contribution in [0.4, 0.5) is 0 Å². The molecule has 2 atom stereocenters. The molecule has 3 rings (SSSR count). The first-order chi connectivity index (χ1) is 13.0. The molecule has 27 heavy (non-hydrogen) atoms. The Balaban J connectivity index is 1.87. The minimum Gasteiger partial charge on any atom is -0.426 e. The van der Waals surface area contributed by atoms with Crippen molar-refractivity contribution >= 4 is 22.6 Å². The van der Waals surface area contributed by atoms with Crippen molar-refractivity contribution in [3.63, 3.8) is 0 Å². The number of imidazole rings is 1. The van der Waals surface area contributed by atoms with Gasteiger partial charge in [-0.2, -0.15) is 4.98 Å². The average Bonchev–Trinajstić information content (AvgIpc) is 3.23. The van der Waals surface area contributed by atoms with E-state index < -0.39 is 0 Å². The van der Waals surface area contributed by atoms with Crippen molar-refractivity contribution in [1.82, 2.24) is 9.97 Å². The zero-order chi connectivity index (χ0) is 19.4. The summed E-state index contributed by atoms with van der Waals surface area (Å²) in [6.07, 6.45) is 7.93. The van der Waals surface area contributed by atoms with Gasteiger partial charge in [-0.15, -0.1) is 0 Å². The molecule has 2 unspecified atom stereocenters. The van der Waals surface area contributed by atoms with Crippen LogP contribution in [0, 0.1) is 17.8 Å². The molecule has 140 valence electrons. The summed E-state index contributed by atoms with van der Waals surface area (Å²) in [5.74, 6) is 6.88. The van der Waals surface area contributed by atoms with Crippen LogP contribution in [0.25, 0.3) is 11.0 Å². The molecule has 0 spiro atoms. The molecule has 0 radical (unpaired) electrons. The zero-order valence-corrected chi connectivity index (χ0v) is 16.3. The monoisotopic (exact) mass is 382 g/mol. The Morgan fingerprint density at radius 1 is 1.44 bits per heavy atom. The summed E-state index contributed by atoms with van der Waals surface area (Å²) in [7, 11) is 0. The van der Waals surface area contributed by atoms with Crippen molar-refractivity contribution in [1.29, 1.82) is 0 Å². The summed E-state index contributed by atoms with van der Waals surface area (Å²) in [6.45, 7) is 7.72. The number of hydrogen-bond acceptors (Lipinski definition) is 3. The third-order valence-electron chi connectivity index (χ3n) is 4.66. The van der Waals surface area contributed by atoms with Gasteiger partial charge in [0, 0.05) is 11.5 Å². The van der Waals surface area contributed by atoms with Crippen molar-refractivity contribution in [3.8, 4) is 17.9 Å². The highest BCUT2D eigenvalue weighted by molar-refractivity contribution is 6.32. The molecule has 0 aliphatic heterocycles. The molecular weight excluding hydrogens is 360 g/mol. The van der Waals surface area contributed by atoms with E-state index in [1.54, 1.807) is 12.1 Å². The van der Waals surface area contributed by atoms with Gasteiger partial charge in [0.25, 0.3) is 6.01 Å². The van der Waals surface area contributed by atoms with E-state index >= 15 is 0 Å². The van der Waals surface area contributed by atoms with Gasteiger partial charge in [0.1, 0.15) is 5.76 Å². The third-order valence-corrected chi connectivity index (χ3v) is 4.97. The predicted octanol–water partition coefficient (Wildman–Crippen LogP) is 5.14. The molecule has 1 aliphatic rings. The number of H-pyrrole nitrogens is 1. The maximum Gasteiger partial charge on any atom is 0.300 e. The van der Waals surface area contributed by atoms with E-state index in [1.807, 2.05) is 32.1 Å². The van der Waals surface area contributed by atoms with Crippen molar-refractivity contribution in [3.05, 3.63) is 58.9 Å². The first-order valence-electron chi connectivity index (χ1n) is 9.04. The smallest absolute Gasteiger partial charge is 0.300 e. The molecule has 2 N–H and O–H groups in total. The molecule has 0 amide bonds. The SMILES string of the molecule is C=C/C(=C\C(C)=C\C)Oc1nc2cc(Cl)c(C#CC3CCCC3O)cc2[nH]1. The molecule has 1 aliphatic carbocycles. The molecule has 1 fully saturated rings. The number of aliphatic hydroxyl groups excluding tert-OH is 1. The molecule has 0 bridgehead atoms. The van der Waals surface area contributed by atoms with E-state index in [9.17, 15) is 5.11 Å². The number of aliphatic hydroxyl groups is 1. The van der Waals surface area contributed by atoms with Gasteiger partial charge in [0.15, 0.2) is 0 Å². The summed E-state index contributed by atoms with van der Waals surface area (Å²) in [6, 6.07) is 4.00. The summed E-state index contributed by atoms with van der Waals surface area (Å²) < 4.78 is 5.78. The second kappa shape index (κ2) is 8.47. The van der Waals surface area contributed by atoms with Gasteiger partial charge in [-0.25, -0.2) is 0 Å². The minimum absolute atomic E-state index is 0.0209. The number of fused-ring (bicyclic) bond motifs is 1. The molecular formula is C22H23ClN2O2. The summed E-state index contributed by atoms with van der Waals surface area (Å²) in [5.41, 5.74) is 3.27. The van der Waals surface area contributed by atoms with Crippen molar-refractivity contribution in [2.24, 2.45) is 5.92 Å². The van der Waals surface area contributed by atoms with Crippen molar-refractivity contribution in [2.45, 2.75) is 39.2 Å². The highest BCUT2D eigenvalue weighted by atomic mass is 35.5. The lowest BCUT2D eigenvalue weighted by Gasteiger charge is -2.05. The average molecular weight is 383 g/mol. The standard InChI is InChI=1S/C22H23ClN2O2/c1-4-14(3)11-17(5-2)27-22-24-19-12-16(18(23)13-20(19)25-22)10-9-15-7-6-8-21(15)26/h4-5,11-13,15,21,26H,2,6-8H2,1,3H3,(H,24,25)/b14-4+,17-11+. The van der Waals surface area contributed by atoms with Crippen LogP contribution in [0.2, 0.25) is 5.02 Å². The summed E-state index contributed by atoms with van der Waals surface area (Å²) in [4.78, 5) is 7.57. The fourth-order valence-electron chi connectivity index (χ4n) is 2.98. The van der Waals surface area contributed by atoms with Crippen LogP contribution in [0.1, 0.15) is 38.7 Å². The topological polar surface area (TPSA) is 58.1 Å². The zero-order valence-electron chi connectivity index (χ0n) is 15.6. The molecule has 5 heteroatoms. The molecule has 1 aromatic heterocycles. The summed E-state index contributed by atoms with van der Waals surface area (Å²) in [5, 5.41) is 10.4. The Morgan fingerprint density at radius 2 is 2.26 bits per heavy atom. The second-order valence-corrected chi connectivity index (χ2v) is 7.06. The van der Waals surface area contributed by atoms with Crippen LogP contribution in [0.3, 0.4) is 0 Å². The molecule has 1 aromatic carbocycles. The highest BCUT2D eigenvalue weighted by Gasteiger charge is 2.23. The van der Waals surface area contributed by atoms with Gasteiger partial charge in [-0.1, -0.05) is 41.7 Å². The van der Waals surface area contributed by atoms with E-state index in [0.717, 1.165) is 30.4 Å². The van der Waals surface area contributed by atoms with Crippen LogP contribution in [-0.4, -0.2) is 21.2 Å². The lowest BCUT2D eigenvalue weighted by atomic mass is 10.1. The fraction of sp³-hybridized carbons (Fsp3) is 0.318. The lowest BCUT2D eigenvalue weighted by molar-refractivity contribution is 0.157. The Labute approximate surface area is 164 Å². The van der Waals surface area contributed by atoms with Crippen LogP contribution in [0.15, 0.2) is 48.3 Å². The fourth-order valence-corrected chi connectivity index (χ4v) is 3.19. The molecule has 1 heterocycles. The van der Waals surface area contributed by atoms with E-state index in [2.05, 4.69) is 28.4 Å². The number of hydrogen-bond donors (Lipinski definition) is 2. The molecule has 4 nitrogen and oxygen atoms in total. The third kappa shape index (κ3) is 4.63. The normalized spacial score (nSPS) is 20.4. The number of nitrogens with one attached hydrogen (secondary N) is 1. The van der Waals surface area contributed by atoms with Gasteiger partial charge in [0.05, 0.1) is 22.2 Å². The van der Waals surface area contributed by atoms with Crippen LogP contribution in [0.5, 0.6) is 6.01 Å². The number of nitrogens with zero attached hydrogens (tertiary/aromatic N) is 1. The Bertz CT molecular complexity index is 975. The highest BCUT2D eigenvalue weighted by Crippen LogP contribution is 2.27. The van der Waals surface area contributed by atoms with Crippen molar-refractivity contribution < 1.29 is 9.84 Å². The molecule has 0 saturated heterocycles. The Morgan fingerprint density at radius 3 is 2.93 bits per heavy atom. The first kappa shape index (κ1) is 19.3. The Kier molecular flexibility index (Phi) is 6.05. The van der Waals surface area contributed by atoms with Crippen LogP contribution < -0.4 is 4.74 Å². The number of benzene rings is 1. The van der Waals surface area contributed by atoms with E-state index in [-0.39, 0.29) is 12.0 Å². The van der Waals surface area contributed by atoms with Gasteiger partial charge >= 0.3 is 0 Å². The maximum atomic E-state index is 9.91. The van der Waals surface area contributed by atoms with E-state index in [4.69, 9.17) is 16.3 Å². The number of aromatic nitrogens is 2. The Hall–Kier alpha value is -2.48. The predicted molar refractivity (Wildman–Crippen MR) is 110 cm³/mol. The van der Waals surface area contributed by atoms with Crippen LogP contribution >= 0.6 is 11.6 Å². The van der Waals surface area contributed by atoms with Gasteiger partial charge in [-0.3, -0.25) is 0 Å².